The SMILES string of the molecule is CC(=O)N(CCC(=O)Nc1c(C)cccc1C)c1c(C)cccc1C. The molecule has 0 atom stereocenters. The topological polar surface area (TPSA) is 49.4 Å². The number of carbonyl (C=O) groups excluding carboxylic acids is 2. The third-order valence-corrected chi connectivity index (χ3v) is 4.40. The molecule has 0 saturated heterocycles. The third-order valence-electron chi connectivity index (χ3n) is 4.40. The van der Waals surface area contributed by atoms with Crippen molar-refractivity contribution in [1.82, 2.24) is 0 Å². The summed E-state index contributed by atoms with van der Waals surface area (Å²) in [5.41, 5.74) is 5.89. The minimum Gasteiger partial charge on any atom is -0.326 e. The number of benzene rings is 2. The molecule has 0 radical (unpaired) electrons. The van der Waals surface area contributed by atoms with E-state index in [2.05, 4.69) is 5.32 Å². The molecule has 132 valence electrons. The van der Waals surface area contributed by atoms with Gasteiger partial charge in [0, 0.05) is 31.3 Å². The Hall–Kier alpha value is -2.62. The Labute approximate surface area is 149 Å². The fourth-order valence-electron chi connectivity index (χ4n) is 3.09. The average molecular weight is 338 g/mol. The maximum absolute atomic E-state index is 12.4. The van der Waals surface area contributed by atoms with E-state index in [1.165, 1.54) is 6.92 Å². The molecule has 0 fully saturated rings. The van der Waals surface area contributed by atoms with E-state index >= 15 is 0 Å². The van der Waals surface area contributed by atoms with Gasteiger partial charge in [-0.25, -0.2) is 0 Å². The van der Waals surface area contributed by atoms with Crippen LogP contribution in [0.3, 0.4) is 0 Å². The highest BCUT2D eigenvalue weighted by atomic mass is 16.2. The second-order valence-corrected chi connectivity index (χ2v) is 6.48. The minimum absolute atomic E-state index is 0.0581. The van der Waals surface area contributed by atoms with Gasteiger partial charge in [0.1, 0.15) is 0 Å². The third kappa shape index (κ3) is 4.47. The van der Waals surface area contributed by atoms with Gasteiger partial charge >= 0.3 is 0 Å². The summed E-state index contributed by atoms with van der Waals surface area (Å²) < 4.78 is 0. The number of nitrogens with zero attached hydrogens (tertiary/aromatic N) is 1. The van der Waals surface area contributed by atoms with Crippen LogP contribution >= 0.6 is 0 Å². The molecule has 25 heavy (non-hydrogen) atoms. The van der Waals surface area contributed by atoms with Crippen LogP contribution < -0.4 is 10.2 Å². The quantitative estimate of drug-likeness (QED) is 0.883. The number of aryl methyl sites for hydroxylation is 4. The molecule has 1 N–H and O–H groups in total. The molecule has 0 bridgehead atoms. The number of hydrogen-bond donors (Lipinski definition) is 1. The van der Waals surface area contributed by atoms with E-state index < -0.39 is 0 Å². The molecule has 0 aliphatic carbocycles. The Morgan fingerprint density at radius 2 is 1.36 bits per heavy atom. The number of nitrogens with one attached hydrogen (secondary N) is 1. The molecule has 0 unspecified atom stereocenters. The molecule has 0 saturated carbocycles. The van der Waals surface area contributed by atoms with Crippen LogP contribution in [0.15, 0.2) is 36.4 Å². The lowest BCUT2D eigenvalue weighted by atomic mass is 10.1. The lowest BCUT2D eigenvalue weighted by Gasteiger charge is -2.25. The predicted octanol–water partition coefficient (Wildman–Crippen LogP) is 4.30. The van der Waals surface area contributed by atoms with Crippen molar-refractivity contribution in [3.8, 4) is 0 Å². The number of carbonyl (C=O) groups is 2. The highest BCUT2D eigenvalue weighted by Gasteiger charge is 2.17. The Bertz CT molecular complexity index is 756. The van der Waals surface area contributed by atoms with Gasteiger partial charge in [-0.1, -0.05) is 36.4 Å². The van der Waals surface area contributed by atoms with Crippen LogP contribution in [0.4, 0.5) is 11.4 Å². The standard InChI is InChI=1S/C21H26N2O2/c1-14-8-6-9-15(2)20(14)22-19(25)12-13-23(18(5)24)21-16(3)10-7-11-17(21)4/h6-11H,12-13H2,1-5H3,(H,22,25). The molecular formula is C21H26N2O2. The van der Waals surface area contributed by atoms with Crippen LogP contribution in [0.5, 0.6) is 0 Å². The summed E-state index contributed by atoms with van der Waals surface area (Å²) in [6.45, 7) is 9.81. The monoisotopic (exact) mass is 338 g/mol. The Morgan fingerprint density at radius 1 is 0.880 bits per heavy atom. The van der Waals surface area contributed by atoms with Gasteiger partial charge < -0.3 is 10.2 Å². The maximum atomic E-state index is 12.4. The van der Waals surface area contributed by atoms with Crippen molar-refractivity contribution in [3.05, 3.63) is 58.7 Å². The molecule has 0 heterocycles. The van der Waals surface area contributed by atoms with Gasteiger partial charge in [0.2, 0.25) is 11.8 Å². The van der Waals surface area contributed by atoms with Crippen LogP contribution in [0.1, 0.15) is 35.6 Å². The van der Waals surface area contributed by atoms with Crippen molar-refractivity contribution in [2.45, 2.75) is 41.0 Å². The first-order valence-corrected chi connectivity index (χ1v) is 8.51. The van der Waals surface area contributed by atoms with Gasteiger partial charge in [0.25, 0.3) is 0 Å². The zero-order valence-corrected chi connectivity index (χ0v) is 15.6. The molecule has 4 nitrogen and oxygen atoms in total. The van der Waals surface area contributed by atoms with Gasteiger partial charge in [0.05, 0.1) is 0 Å². The zero-order chi connectivity index (χ0) is 18.6. The first kappa shape index (κ1) is 18.7. The summed E-state index contributed by atoms with van der Waals surface area (Å²) in [5.74, 6) is -0.146. The molecular weight excluding hydrogens is 312 g/mol. The zero-order valence-electron chi connectivity index (χ0n) is 15.6. The van der Waals surface area contributed by atoms with Crippen LogP contribution in [-0.2, 0) is 9.59 Å². The average Bonchev–Trinajstić information content (AvgIpc) is 2.53. The highest BCUT2D eigenvalue weighted by Crippen LogP contribution is 2.25. The van der Waals surface area contributed by atoms with Crippen molar-refractivity contribution in [2.75, 3.05) is 16.8 Å². The summed E-state index contributed by atoms with van der Waals surface area (Å²) in [6, 6.07) is 11.9. The van der Waals surface area contributed by atoms with E-state index in [9.17, 15) is 9.59 Å². The molecule has 0 aliphatic heterocycles. The molecule has 0 aliphatic rings. The fourth-order valence-corrected chi connectivity index (χ4v) is 3.09. The van der Waals surface area contributed by atoms with E-state index in [4.69, 9.17) is 0 Å². The molecule has 4 heteroatoms. The summed E-state index contributed by atoms with van der Waals surface area (Å²) in [6.07, 6.45) is 0.251. The fraction of sp³-hybridized carbons (Fsp3) is 0.333. The Balaban J connectivity index is 2.12. The molecule has 2 rings (SSSR count). The highest BCUT2D eigenvalue weighted by molar-refractivity contribution is 5.96. The normalized spacial score (nSPS) is 10.4. The van der Waals surface area contributed by atoms with E-state index in [1.807, 2.05) is 64.1 Å². The summed E-state index contributed by atoms with van der Waals surface area (Å²) in [7, 11) is 0. The summed E-state index contributed by atoms with van der Waals surface area (Å²) >= 11 is 0. The summed E-state index contributed by atoms with van der Waals surface area (Å²) in [4.78, 5) is 26.2. The first-order chi connectivity index (χ1) is 11.8. The van der Waals surface area contributed by atoms with Crippen LogP contribution in [-0.4, -0.2) is 18.4 Å². The van der Waals surface area contributed by atoms with Crippen molar-refractivity contribution in [3.63, 3.8) is 0 Å². The lowest BCUT2D eigenvalue weighted by Crippen LogP contribution is -2.33. The van der Waals surface area contributed by atoms with Gasteiger partial charge in [-0.3, -0.25) is 9.59 Å². The molecule has 2 aromatic rings. The van der Waals surface area contributed by atoms with E-state index in [0.29, 0.717) is 6.54 Å². The molecule has 2 aromatic carbocycles. The Kier molecular flexibility index (Phi) is 5.97. The minimum atomic E-state index is -0.0881. The van der Waals surface area contributed by atoms with Gasteiger partial charge in [-0.15, -0.1) is 0 Å². The summed E-state index contributed by atoms with van der Waals surface area (Å²) in [5, 5.41) is 2.98. The van der Waals surface area contributed by atoms with E-state index in [1.54, 1.807) is 4.90 Å². The maximum Gasteiger partial charge on any atom is 0.226 e. The number of hydrogen-bond acceptors (Lipinski definition) is 2. The van der Waals surface area contributed by atoms with E-state index in [-0.39, 0.29) is 18.2 Å². The van der Waals surface area contributed by atoms with Crippen molar-refractivity contribution in [1.29, 1.82) is 0 Å². The smallest absolute Gasteiger partial charge is 0.226 e. The number of anilines is 2. The first-order valence-electron chi connectivity index (χ1n) is 8.51. The van der Waals surface area contributed by atoms with Crippen LogP contribution in [0.25, 0.3) is 0 Å². The molecule has 0 aromatic heterocycles. The predicted molar refractivity (Wildman–Crippen MR) is 103 cm³/mol. The van der Waals surface area contributed by atoms with Gasteiger partial charge in [-0.05, 0) is 49.9 Å². The molecule has 2 amide bonds. The Morgan fingerprint density at radius 3 is 1.84 bits per heavy atom. The van der Waals surface area contributed by atoms with Crippen LogP contribution in [0.2, 0.25) is 0 Å². The largest absolute Gasteiger partial charge is 0.326 e. The van der Waals surface area contributed by atoms with E-state index in [0.717, 1.165) is 33.6 Å². The second-order valence-electron chi connectivity index (χ2n) is 6.48. The molecule has 0 spiro atoms. The second kappa shape index (κ2) is 7.97. The number of amides is 2. The van der Waals surface area contributed by atoms with Crippen LogP contribution in [0, 0.1) is 27.7 Å². The van der Waals surface area contributed by atoms with Crippen molar-refractivity contribution < 1.29 is 9.59 Å². The lowest BCUT2D eigenvalue weighted by molar-refractivity contribution is -0.117. The van der Waals surface area contributed by atoms with Gasteiger partial charge in [0.15, 0.2) is 0 Å². The number of para-hydroxylation sites is 2. The van der Waals surface area contributed by atoms with Gasteiger partial charge in [-0.2, -0.15) is 0 Å². The van der Waals surface area contributed by atoms with Crippen molar-refractivity contribution in [2.24, 2.45) is 0 Å². The number of rotatable bonds is 5. The van der Waals surface area contributed by atoms with Crippen molar-refractivity contribution >= 4 is 23.2 Å².